The number of hydrogen-bond acceptors (Lipinski definition) is 6. The van der Waals surface area contributed by atoms with E-state index in [0.717, 1.165) is 0 Å². The summed E-state index contributed by atoms with van der Waals surface area (Å²) in [5.74, 6) is -0.813. The van der Waals surface area contributed by atoms with Gasteiger partial charge in [0.1, 0.15) is 12.2 Å². The van der Waals surface area contributed by atoms with Gasteiger partial charge >= 0.3 is 11.9 Å². The Hall–Kier alpha value is -1.98. The number of rotatable bonds is 5. The molecule has 1 aliphatic rings. The maximum absolute atomic E-state index is 11.8. The molecule has 0 amide bonds. The first-order chi connectivity index (χ1) is 9.83. The second-order valence-corrected chi connectivity index (χ2v) is 5.19. The average molecular weight is 297 g/mol. The Morgan fingerprint density at radius 3 is 2.14 bits per heavy atom. The molecule has 0 atom stereocenters. The van der Waals surface area contributed by atoms with Gasteiger partial charge in [0.05, 0.1) is 18.8 Å². The van der Waals surface area contributed by atoms with Crippen LogP contribution in [0.5, 0.6) is 0 Å². The van der Waals surface area contributed by atoms with Crippen molar-refractivity contribution in [3.8, 4) is 0 Å². The summed E-state index contributed by atoms with van der Waals surface area (Å²) in [6, 6.07) is 0. The number of allylic oxidation sites excluding steroid dienone is 2. The number of carbonyl (C=O) groups is 2. The fourth-order valence-electron chi connectivity index (χ4n) is 1.69. The van der Waals surface area contributed by atoms with Crippen LogP contribution in [-0.4, -0.2) is 49.2 Å². The van der Waals surface area contributed by atoms with Crippen molar-refractivity contribution in [2.24, 2.45) is 0 Å². The molecule has 1 saturated heterocycles. The topological polar surface area (TPSA) is 65.1 Å². The van der Waals surface area contributed by atoms with E-state index < -0.39 is 11.9 Å². The molecule has 21 heavy (non-hydrogen) atoms. The molecule has 0 radical (unpaired) electrons. The van der Waals surface area contributed by atoms with Gasteiger partial charge in [-0.2, -0.15) is 0 Å². The van der Waals surface area contributed by atoms with Crippen molar-refractivity contribution in [3.05, 3.63) is 23.6 Å². The molecule has 0 saturated carbocycles. The Bertz CT molecular complexity index is 445. The first-order valence-electron chi connectivity index (χ1n) is 6.96. The number of likely N-dealkylation sites (N-methyl/N-ethyl adjacent to an activating group) is 1. The van der Waals surface area contributed by atoms with Crippen molar-refractivity contribution in [2.75, 3.05) is 26.9 Å². The maximum Gasteiger partial charge on any atom is 0.345 e. The first-order valence-corrected chi connectivity index (χ1v) is 6.96. The van der Waals surface area contributed by atoms with Crippen LogP contribution >= 0.6 is 0 Å². The zero-order valence-electron chi connectivity index (χ0n) is 13.3. The van der Waals surface area contributed by atoms with E-state index >= 15 is 0 Å². The summed E-state index contributed by atoms with van der Waals surface area (Å²) in [7, 11) is 1.89. The van der Waals surface area contributed by atoms with Crippen molar-refractivity contribution >= 4 is 11.9 Å². The highest BCUT2D eigenvalue weighted by Gasteiger charge is 2.33. The molecule has 6 heteroatoms. The SMILES string of the molecule is CCOC(=O)C(=C/C=C1\OCC(C)(C)N1C)C(=O)OCC. The third kappa shape index (κ3) is 4.24. The third-order valence-electron chi connectivity index (χ3n) is 3.20. The smallest absolute Gasteiger partial charge is 0.345 e. The fourth-order valence-corrected chi connectivity index (χ4v) is 1.69. The Labute approximate surface area is 125 Å². The molecule has 0 aromatic rings. The lowest BCUT2D eigenvalue weighted by molar-refractivity contribution is -0.146. The molecular weight excluding hydrogens is 274 g/mol. The Morgan fingerprint density at radius 1 is 1.24 bits per heavy atom. The minimum absolute atomic E-state index is 0.131. The largest absolute Gasteiger partial charge is 0.477 e. The Kier molecular flexibility index (Phi) is 5.81. The van der Waals surface area contributed by atoms with E-state index in [1.54, 1.807) is 19.9 Å². The molecule has 0 aromatic carbocycles. The highest BCUT2D eigenvalue weighted by Crippen LogP contribution is 2.27. The van der Waals surface area contributed by atoms with Crippen molar-refractivity contribution < 1.29 is 23.8 Å². The van der Waals surface area contributed by atoms with Crippen LogP contribution in [-0.2, 0) is 23.8 Å². The molecule has 0 spiro atoms. The molecule has 0 bridgehead atoms. The normalized spacial score (nSPS) is 18.1. The van der Waals surface area contributed by atoms with Crippen LogP contribution in [0.15, 0.2) is 23.6 Å². The van der Waals surface area contributed by atoms with Crippen LogP contribution in [0.25, 0.3) is 0 Å². The summed E-state index contributed by atoms with van der Waals surface area (Å²) in [5.41, 5.74) is -0.277. The molecule has 1 heterocycles. The summed E-state index contributed by atoms with van der Waals surface area (Å²) >= 11 is 0. The van der Waals surface area contributed by atoms with E-state index in [-0.39, 0.29) is 24.3 Å². The molecule has 0 aliphatic carbocycles. The van der Waals surface area contributed by atoms with Gasteiger partial charge in [-0.3, -0.25) is 0 Å². The lowest BCUT2D eigenvalue weighted by Gasteiger charge is -2.25. The Balaban J connectivity index is 2.98. The lowest BCUT2D eigenvalue weighted by atomic mass is 10.1. The summed E-state index contributed by atoms with van der Waals surface area (Å²) in [4.78, 5) is 25.5. The van der Waals surface area contributed by atoms with Crippen molar-refractivity contribution in [1.82, 2.24) is 4.90 Å². The van der Waals surface area contributed by atoms with Gasteiger partial charge in [0, 0.05) is 7.05 Å². The number of ether oxygens (including phenoxy) is 3. The van der Waals surface area contributed by atoms with Gasteiger partial charge in [0.25, 0.3) is 0 Å². The van der Waals surface area contributed by atoms with Gasteiger partial charge in [0.2, 0.25) is 0 Å². The summed E-state index contributed by atoms with van der Waals surface area (Å²) < 4.78 is 15.3. The van der Waals surface area contributed by atoms with Crippen molar-refractivity contribution in [3.63, 3.8) is 0 Å². The predicted octanol–water partition coefficient (Wildman–Crippen LogP) is 1.62. The number of esters is 2. The molecular formula is C15H23NO5. The van der Waals surface area contributed by atoms with Gasteiger partial charge in [0.15, 0.2) is 5.88 Å². The van der Waals surface area contributed by atoms with Crippen LogP contribution in [0.3, 0.4) is 0 Å². The zero-order chi connectivity index (χ0) is 16.0. The monoisotopic (exact) mass is 297 g/mol. The van der Waals surface area contributed by atoms with Crippen molar-refractivity contribution in [1.29, 1.82) is 0 Å². The van der Waals surface area contributed by atoms with Gasteiger partial charge in [-0.15, -0.1) is 0 Å². The van der Waals surface area contributed by atoms with Crippen molar-refractivity contribution in [2.45, 2.75) is 33.2 Å². The maximum atomic E-state index is 11.8. The van der Waals surface area contributed by atoms with Gasteiger partial charge < -0.3 is 19.1 Å². The van der Waals surface area contributed by atoms with Crippen LogP contribution in [0.2, 0.25) is 0 Å². The highest BCUT2D eigenvalue weighted by molar-refractivity contribution is 6.14. The van der Waals surface area contributed by atoms with Crippen LogP contribution in [0.4, 0.5) is 0 Å². The van der Waals surface area contributed by atoms with Crippen LogP contribution in [0.1, 0.15) is 27.7 Å². The average Bonchev–Trinajstić information content (AvgIpc) is 2.66. The number of carbonyl (C=O) groups excluding carboxylic acids is 2. The molecule has 1 aliphatic heterocycles. The minimum atomic E-state index is -0.701. The Morgan fingerprint density at radius 2 is 1.76 bits per heavy atom. The predicted molar refractivity (Wildman–Crippen MR) is 77.2 cm³/mol. The van der Waals surface area contributed by atoms with E-state index in [1.165, 1.54) is 6.08 Å². The summed E-state index contributed by atoms with van der Waals surface area (Å²) in [6.07, 6.45) is 2.96. The van der Waals surface area contributed by atoms with Gasteiger partial charge in [-0.25, -0.2) is 9.59 Å². The molecule has 1 fully saturated rings. The van der Waals surface area contributed by atoms with E-state index in [1.807, 2.05) is 25.8 Å². The third-order valence-corrected chi connectivity index (χ3v) is 3.20. The van der Waals surface area contributed by atoms with E-state index in [2.05, 4.69) is 0 Å². The van der Waals surface area contributed by atoms with Gasteiger partial charge in [-0.05, 0) is 39.8 Å². The second-order valence-electron chi connectivity index (χ2n) is 5.19. The highest BCUT2D eigenvalue weighted by atomic mass is 16.6. The minimum Gasteiger partial charge on any atom is -0.477 e. The molecule has 118 valence electrons. The van der Waals surface area contributed by atoms with E-state index in [0.29, 0.717) is 12.5 Å². The lowest BCUT2D eigenvalue weighted by Crippen LogP contribution is -2.36. The quantitative estimate of drug-likeness (QED) is 0.332. The second kappa shape index (κ2) is 7.15. The summed E-state index contributed by atoms with van der Waals surface area (Å²) in [5, 5.41) is 0. The molecule has 6 nitrogen and oxygen atoms in total. The number of hydrogen-bond donors (Lipinski definition) is 0. The zero-order valence-corrected chi connectivity index (χ0v) is 13.3. The van der Waals surface area contributed by atoms with Crippen LogP contribution in [0, 0.1) is 0 Å². The summed E-state index contributed by atoms with van der Waals surface area (Å²) in [6.45, 7) is 8.35. The van der Waals surface area contributed by atoms with E-state index in [9.17, 15) is 9.59 Å². The fraction of sp³-hybridized carbons (Fsp3) is 0.600. The van der Waals surface area contributed by atoms with E-state index in [4.69, 9.17) is 14.2 Å². The molecule has 0 aromatic heterocycles. The first kappa shape index (κ1) is 17.1. The van der Waals surface area contributed by atoms with Crippen LogP contribution < -0.4 is 0 Å². The molecule has 0 N–H and O–H groups in total. The molecule has 1 rings (SSSR count). The van der Waals surface area contributed by atoms with Gasteiger partial charge in [-0.1, -0.05) is 0 Å². The molecule has 0 unspecified atom stereocenters. The standard InChI is InChI=1S/C15H23NO5/c1-6-19-13(17)11(14(18)20-7-2)8-9-12-16(5)15(3,4)10-21-12/h8-9H,6-7,10H2,1-5H3/b12-9-. The number of nitrogens with zero attached hydrogens (tertiary/aromatic N) is 1.